The van der Waals surface area contributed by atoms with Crippen molar-refractivity contribution in [3.05, 3.63) is 12.3 Å². The maximum Gasteiger partial charge on any atom is 0.237 e. The van der Waals surface area contributed by atoms with E-state index < -0.39 is 27.8 Å². The van der Waals surface area contributed by atoms with Crippen molar-refractivity contribution in [2.75, 3.05) is 25.4 Å². The predicted octanol–water partition coefficient (Wildman–Crippen LogP) is 2.17. The van der Waals surface area contributed by atoms with Crippen molar-refractivity contribution >= 4 is 15.9 Å². The number of rotatable bonds is 5. The van der Waals surface area contributed by atoms with Gasteiger partial charge in [0, 0.05) is 30.1 Å². The summed E-state index contributed by atoms with van der Waals surface area (Å²) >= 11 is 0. The summed E-state index contributed by atoms with van der Waals surface area (Å²) in [6.07, 6.45) is 1.96. The Labute approximate surface area is 179 Å². The average Bonchev–Trinajstić information content (AvgIpc) is 3.16. The maximum absolute atomic E-state index is 13.7. The van der Waals surface area contributed by atoms with Crippen LogP contribution in [0.5, 0.6) is 0 Å². The molecule has 0 aromatic heterocycles. The van der Waals surface area contributed by atoms with Crippen molar-refractivity contribution in [3.8, 4) is 6.07 Å². The number of allylic oxidation sites excluding steroid dienone is 1. The van der Waals surface area contributed by atoms with E-state index in [4.69, 9.17) is 0 Å². The average molecular weight is 441 g/mol. The highest BCUT2D eigenvalue weighted by molar-refractivity contribution is 7.89. The number of nitriles is 1. The molecule has 0 spiro atoms. The molecule has 3 fully saturated rings. The highest BCUT2D eigenvalue weighted by Crippen LogP contribution is 2.53. The molecule has 0 radical (unpaired) electrons. The van der Waals surface area contributed by atoms with E-state index in [1.165, 1.54) is 9.21 Å². The van der Waals surface area contributed by atoms with Gasteiger partial charge in [-0.3, -0.25) is 9.10 Å². The van der Waals surface area contributed by atoms with Crippen LogP contribution in [0.2, 0.25) is 0 Å². The van der Waals surface area contributed by atoms with Crippen LogP contribution in [-0.2, 0) is 14.8 Å². The Morgan fingerprint density at radius 1 is 1.33 bits per heavy atom. The van der Waals surface area contributed by atoms with E-state index in [9.17, 15) is 22.9 Å². The summed E-state index contributed by atoms with van der Waals surface area (Å²) < 4.78 is 40.2. The molecular weight excluding hydrogens is 407 g/mol. The van der Waals surface area contributed by atoms with Crippen LogP contribution in [0.15, 0.2) is 12.3 Å². The molecule has 168 valence electrons. The van der Waals surface area contributed by atoms with Crippen LogP contribution < -0.4 is 5.32 Å². The summed E-state index contributed by atoms with van der Waals surface area (Å²) in [5.41, 5.74) is -0.132. The topological polar surface area (TPSA) is 93.5 Å². The Kier molecular flexibility index (Phi) is 6.23. The minimum atomic E-state index is -3.31. The Morgan fingerprint density at radius 3 is 2.67 bits per heavy atom. The molecule has 1 N–H and O–H groups in total. The zero-order valence-corrected chi connectivity index (χ0v) is 19.0. The molecule has 1 saturated carbocycles. The maximum atomic E-state index is 13.7. The number of halogens is 1. The normalized spacial score (nSPS) is 35.2. The molecule has 0 aromatic carbocycles. The minimum absolute atomic E-state index is 0.0199. The fourth-order valence-electron chi connectivity index (χ4n) is 5.24. The van der Waals surface area contributed by atoms with Crippen molar-refractivity contribution in [3.63, 3.8) is 0 Å². The lowest BCUT2D eigenvalue weighted by atomic mass is 9.70. The largest absolute Gasteiger partial charge is 0.323 e. The van der Waals surface area contributed by atoms with Crippen LogP contribution in [-0.4, -0.2) is 66.7 Å². The number of carbonyl (C=O) groups excluding carboxylic acids is 1. The molecular formula is C21H33FN4O3S. The van der Waals surface area contributed by atoms with Gasteiger partial charge in [0.15, 0.2) is 0 Å². The third-order valence-corrected chi connectivity index (χ3v) is 9.54. The fourth-order valence-corrected chi connectivity index (χ4v) is 6.92. The summed E-state index contributed by atoms with van der Waals surface area (Å²) in [6, 6.07) is 1.30. The molecule has 0 bridgehead atoms. The molecule has 2 saturated heterocycles. The number of amides is 1. The Morgan fingerprint density at radius 2 is 2.03 bits per heavy atom. The number of nitrogens with one attached hydrogen (secondary N) is 1. The quantitative estimate of drug-likeness (QED) is 0.707. The van der Waals surface area contributed by atoms with Gasteiger partial charge < -0.3 is 10.2 Å². The predicted molar refractivity (Wildman–Crippen MR) is 112 cm³/mol. The number of hydrogen-bond acceptors (Lipinski definition) is 5. The van der Waals surface area contributed by atoms with Gasteiger partial charge in [0.05, 0.1) is 24.9 Å². The zero-order chi connectivity index (χ0) is 22.3. The molecule has 2 aliphatic heterocycles. The smallest absolute Gasteiger partial charge is 0.237 e. The second kappa shape index (κ2) is 8.12. The van der Waals surface area contributed by atoms with E-state index in [-0.39, 0.29) is 42.5 Å². The summed E-state index contributed by atoms with van der Waals surface area (Å²) in [7, 11) is -3.31. The first kappa shape index (κ1) is 23.0. The first-order valence-corrected chi connectivity index (χ1v) is 12.3. The minimum Gasteiger partial charge on any atom is -0.323 e. The highest BCUT2D eigenvalue weighted by Gasteiger charge is 2.54. The second-order valence-electron chi connectivity index (χ2n) is 9.61. The van der Waals surface area contributed by atoms with Gasteiger partial charge in [-0.05, 0) is 38.0 Å². The number of likely N-dealkylation sites (tertiary alicyclic amines) is 1. The molecule has 0 aromatic rings. The molecule has 7 nitrogen and oxygen atoms in total. The summed E-state index contributed by atoms with van der Waals surface area (Å²) in [5.74, 6) is -0.152. The van der Waals surface area contributed by atoms with Crippen LogP contribution >= 0.6 is 0 Å². The van der Waals surface area contributed by atoms with E-state index in [0.717, 1.165) is 19.3 Å². The molecule has 1 amide bonds. The van der Waals surface area contributed by atoms with Gasteiger partial charge >= 0.3 is 0 Å². The van der Waals surface area contributed by atoms with E-state index in [1.54, 1.807) is 0 Å². The van der Waals surface area contributed by atoms with Crippen molar-refractivity contribution < 1.29 is 17.6 Å². The number of alkyl halides is 1. The monoisotopic (exact) mass is 440 g/mol. The molecule has 1 aliphatic carbocycles. The van der Waals surface area contributed by atoms with Gasteiger partial charge in [-0.25, -0.2) is 12.8 Å². The molecule has 4 atom stereocenters. The number of carbonyl (C=O) groups is 1. The van der Waals surface area contributed by atoms with E-state index in [0.29, 0.717) is 18.7 Å². The second-order valence-corrected chi connectivity index (χ2v) is 11.6. The van der Waals surface area contributed by atoms with Gasteiger partial charge in [0.2, 0.25) is 15.9 Å². The molecule has 2 heterocycles. The van der Waals surface area contributed by atoms with Crippen molar-refractivity contribution in [1.29, 1.82) is 5.26 Å². The number of nitrogens with zero attached hydrogens (tertiary/aromatic N) is 3. The SMILES string of the molecule is C=C([C@@H]1CC[C@](C)(NCC(=O)N2C[C@@H](F)C[C@H]2C#N)C1(C)C)N1CCCCS1(=O)=O. The van der Waals surface area contributed by atoms with Crippen LogP contribution in [0.4, 0.5) is 4.39 Å². The van der Waals surface area contributed by atoms with Crippen molar-refractivity contribution in [2.24, 2.45) is 11.3 Å². The fraction of sp³-hybridized carbons (Fsp3) is 0.810. The van der Waals surface area contributed by atoms with Gasteiger partial charge in [-0.15, -0.1) is 0 Å². The van der Waals surface area contributed by atoms with Crippen molar-refractivity contribution in [1.82, 2.24) is 14.5 Å². The number of hydrogen-bond donors (Lipinski definition) is 1. The lowest BCUT2D eigenvalue weighted by molar-refractivity contribution is -0.131. The molecule has 3 aliphatic rings. The standard InChI is InChI=1S/C21H33FN4O3S/c1-15(26-9-5-6-10-30(26,28)29)18-7-8-21(4,20(18,2)3)24-13-19(27)25-14-16(22)11-17(25)12-23/h16-18,24H,1,5-11,13-14H2,2-4H3/t16-,17-,18-,21-/m0/s1. The summed E-state index contributed by atoms with van der Waals surface area (Å²) in [4.78, 5) is 14.0. The van der Waals surface area contributed by atoms with Gasteiger partial charge in [0.25, 0.3) is 0 Å². The van der Waals surface area contributed by atoms with Crippen LogP contribution in [0.3, 0.4) is 0 Å². The third kappa shape index (κ3) is 3.96. The van der Waals surface area contributed by atoms with Crippen LogP contribution in [0.25, 0.3) is 0 Å². The summed E-state index contributed by atoms with van der Waals surface area (Å²) in [5, 5.41) is 12.5. The van der Waals surface area contributed by atoms with Crippen molar-refractivity contribution in [2.45, 2.75) is 70.6 Å². The first-order chi connectivity index (χ1) is 13.9. The molecule has 9 heteroatoms. The Bertz CT molecular complexity index is 853. The van der Waals surface area contributed by atoms with E-state index in [2.05, 4.69) is 25.7 Å². The Balaban J connectivity index is 1.69. The lowest BCUT2D eigenvalue weighted by Gasteiger charge is -2.45. The lowest BCUT2D eigenvalue weighted by Crippen LogP contribution is -2.56. The zero-order valence-electron chi connectivity index (χ0n) is 18.2. The first-order valence-electron chi connectivity index (χ1n) is 10.7. The van der Waals surface area contributed by atoms with Gasteiger partial charge in [-0.2, -0.15) is 5.26 Å². The van der Waals surface area contributed by atoms with E-state index >= 15 is 0 Å². The number of sulfonamides is 1. The Hall–Kier alpha value is -1.66. The van der Waals surface area contributed by atoms with Gasteiger partial charge in [0.1, 0.15) is 12.2 Å². The van der Waals surface area contributed by atoms with Gasteiger partial charge in [-0.1, -0.05) is 20.4 Å². The summed E-state index contributed by atoms with van der Waals surface area (Å²) in [6.45, 7) is 10.8. The molecule has 3 rings (SSSR count). The van der Waals surface area contributed by atoms with Crippen LogP contribution in [0.1, 0.15) is 52.9 Å². The third-order valence-electron chi connectivity index (χ3n) is 7.65. The van der Waals surface area contributed by atoms with E-state index in [1.807, 2.05) is 13.0 Å². The van der Waals surface area contributed by atoms with Crippen LogP contribution in [0, 0.1) is 22.7 Å². The molecule has 30 heavy (non-hydrogen) atoms. The highest BCUT2D eigenvalue weighted by atomic mass is 32.2. The molecule has 0 unspecified atom stereocenters.